The van der Waals surface area contributed by atoms with Gasteiger partial charge in [-0.1, -0.05) is 5.10 Å². The molecule has 1 aliphatic heterocycles. The van der Waals surface area contributed by atoms with Crippen LogP contribution in [-0.4, -0.2) is 57.0 Å². The van der Waals surface area contributed by atoms with Crippen LogP contribution in [0.3, 0.4) is 0 Å². The van der Waals surface area contributed by atoms with Crippen LogP contribution in [0, 0.1) is 0 Å². The van der Waals surface area contributed by atoms with Crippen LogP contribution in [0.1, 0.15) is 0 Å². The number of aryl methyl sites for hydroxylation is 1. The number of hydrogen-bond acceptors (Lipinski definition) is 6. The Morgan fingerprint density at radius 2 is 2.47 bits per heavy atom. The number of piperazine rings is 1. The van der Waals surface area contributed by atoms with Crippen LogP contribution >= 0.6 is 0 Å². The third kappa shape index (κ3) is 1.75. The molecule has 0 bridgehead atoms. The van der Waals surface area contributed by atoms with E-state index in [0.29, 0.717) is 19.0 Å². The molecular formula is C7H12N6O2. The maximum atomic E-state index is 11.0. The number of carboxylic acid groups (broad SMARTS) is 1. The van der Waals surface area contributed by atoms with Crippen LogP contribution in [-0.2, 0) is 11.8 Å². The smallest absolute Gasteiger partial charge is 0.327 e. The van der Waals surface area contributed by atoms with Crippen LogP contribution in [0.15, 0.2) is 0 Å². The largest absolute Gasteiger partial charge is 0.480 e. The molecule has 0 radical (unpaired) electrons. The van der Waals surface area contributed by atoms with Gasteiger partial charge in [-0.3, -0.25) is 0 Å². The Hall–Kier alpha value is -1.70. The number of carbonyl (C=O) groups is 1. The number of aromatic nitrogens is 4. The minimum absolute atomic E-state index is 0.405. The van der Waals surface area contributed by atoms with E-state index in [0.717, 1.165) is 6.54 Å². The molecule has 2 N–H and O–H groups in total. The molecule has 0 aromatic carbocycles. The zero-order valence-corrected chi connectivity index (χ0v) is 8.29. The molecule has 8 nitrogen and oxygen atoms in total. The Bertz CT molecular complexity index is 364. The molecule has 1 aromatic rings. The van der Waals surface area contributed by atoms with Crippen LogP contribution in [0.2, 0.25) is 0 Å². The third-order valence-corrected chi connectivity index (χ3v) is 2.38. The van der Waals surface area contributed by atoms with E-state index in [2.05, 4.69) is 20.8 Å². The van der Waals surface area contributed by atoms with E-state index in [1.54, 1.807) is 11.9 Å². The number of anilines is 1. The molecule has 1 fully saturated rings. The summed E-state index contributed by atoms with van der Waals surface area (Å²) in [6.07, 6.45) is 0. The van der Waals surface area contributed by atoms with Gasteiger partial charge in [-0.15, -0.1) is 0 Å². The predicted molar refractivity (Wildman–Crippen MR) is 50.4 cm³/mol. The van der Waals surface area contributed by atoms with E-state index in [1.807, 2.05) is 0 Å². The van der Waals surface area contributed by atoms with E-state index in [1.165, 1.54) is 4.68 Å². The van der Waals surface area contributed by atoms with Crippen molar-refractivity contribution in [3.63, 3.8) is 0 Å². The van der Waals surface area contributed by atoms with E-state index < -0.39 is 12.0 Å². The van der Waals surface area contributed by atoms with Crippen LogP contribution in [0.4, 0.5) is 5.95 Å². The van der Waals surface area contributed by atoms with Gasteiger partial charge in [-0.05, 0) is 10.4 Å². The maximum absolute atomic E-state index is 11.0. The molecule has 1 aliphatic rings. The second kappa shape index (κ2) is 3.81. The highest BCUT2D eigenvalue weighted by atomic mass is 16.4. The fourth-order valence-electron chi connectivity index (χ4n) is 1.63. The van der Waals surface area contributed by atoms with E-state index >= 15 is 0 Å². The minimum Gasteiger partial charge on any atom is -0.480 e. The fraction of sp³-hybridized carbons (Fsp3) is 0.714. The summed E-state index contributed by atoms with van der Waals surface area (Å²) in [5, 5.41) is 23.1. The van der Waals surface area contributed by atoms with Gasteiger partial charge in [0.05, 0.1) is 0 Å². The lowest BCUT2D eigenvalue weighted by atomic mass is 10.2. The lowest BCUT2D eigenvalue weighted by Gasteiger charge is -2.33. The topological polar surface area (TPSA) is 96.2 Å². The van der Waals surface area contributed by atoms with Gasteiger partial charge in [0.1, 0.15) is 6.04 Å². The molecule has 2 rings (SSSR count). The summed E-state index contributed by atoms with van der Waals surface area (Å²) in [5.41, 5.74) is 0. The molecule has 1 unspecified atom stereocenters. The first-order chi connectivity index (χ1) is 7.20. The van der Waals surface area contributed by atoms with Crippen molar-refractivity contribution < 1.29 is 9.90 Å². The highest BCUT2D eigenvalue weighted by Gasteiger charge is 2.31. The summed E-state index contributed by atoms with van der Waals surface area (Å²) in [6, 6.07) is -0.608. The van der Waals surface area contributed by atoms with Crippen molar-refractivity contribution in [2.24, 2.45) is 7.05 Å². The summed E-state index contributed by atoms with van der Waals surface area (Å²) in [5.74, 6) is -0.380. The fourth-order valence-corrected chi connectivity index (χ4v) is 1.63. The Kier molecular flexibility index (Phi) is 2.50. The van der Waals surface area contributed by atoms with Crippen molar-refractivity contribution in [1.82, 2.24) is 25.5 Å². The summed E-state index contributed by atoms with van der Waals surface area (Å²) in [6.45, 7) is 1.73. The lowest BCUT2D eigenvalue weighted by molar-refractivity contribution is -0.138. The highest BCUT2D eigenvalue weighted by molar-refractivity contribution is 5.78. The summed E-state index contributed by atoms with van der Waals surface area (Å²) in [4.78, 5) is 12.7. The van der Waals surface area contributed by atoms with Crippen molar-refractivity contribution >= 4 is 11.9 Å². The van der Waals surface area contributed by atoms with Crippen molar-refractivity contribution in [2.45, 2.75) is 6.04 Å². The summed E-state index contributed by atoms with van der Waals surface area (Å²) in [7, 11) is 1.69. The Morgan fingerprint density at radius 1 is 1.67 bits per heavy atom. The number of rotatable bonds is 2. The number of hydrogen-bond donors (Lipinski definition) is 2. The zero-order valence-electron chi connectivity index (χ0n) is 8.29. The molecule has 1 saturated heterocycles. The lowest BCUT2D eigenvalue weighted by Crippen LogP contribution is -2.55. The molecule has 82 valence electrons. The summed E-state index contributed by atoms with van der Waals surface area (Å²) >= 11 is 0. The SMILES string of the molecule is Cn1nnnc1N1CCNCC1C(=O)O. The first kappa shape index (κ1) is 9.84. The first-order valence-electron chi connectivity index (χ1n) is 4.62. The average molecular weight is 212 g/mol. The number of nitrogens with zero attached hydrogens (tertiary/aromatic N) is 5. The maximum Gasteiger partial charge on any atom is 0.327 e. The minimum atomic E-state index is -0.870. The van der Waals surface area contributed by atoms with Gasteiger partial charge in [-0.2, -0.15) is 0 Å². The van der Waals surface area contributed by atoms with Gasteiger partial charge >= 0.3 is 5.97 Å². The molecule has 1 atom stereocenters. The van der Waals surface area contributed by atoms with Crippen molar-refractivity contribution in [3.05, 3.63) is 0 Å². The molecule has 0 aliphatic carbocycles. The summed E-state index contributed by atoms with van der Waals surface area (Å²) < 4.78 is 1.47. The highest BCUT2D eigenvalue weighted by Crippen LogP contribution is 2.13. The number of carboxylic acids is 1. The molecule has 2 heterocycles. The molecule has 0 spiro atoms. The van der Waals surface area contributed by atoms with Gasteiger partial charge in [-0.25, -0.2) is 9.48 Å². The van der Waals surface area contributed by atoms with Crippen molar-refractivity contribution in [3.8, 4) is 0 Å². The van der Waals surface area contributed by atoms with Crippen molar-refractivity contribution in [2.75, 3.05) is 24.5 Å². The molecule has 0 amide bonds. The van der Waals surface area contributed by atoms with Gasteiger partial charge < -0.3 is 15.3 Å². The Morgan fingerprint density at radius 3 is 3.07 bits per heavy atom. The second-order valence-electron chi connectivity index (χ2n) is 3.35. The quantitative estimate of drug-likeness (QED) is 0.589. The molecule has 0 saturated carbocycles. The normalized spacial score (nSPS) is 21.7. The molecule has 1 aromatic heterocycles. The standard InChI is InChI=1S/C7H12N6O2/c1-12-7(9-10-11-12)13-3-2-8-4-5(13)6(14)15/h5,8H,2-4H2,1H3,(H,14,15). The van der Waals surface area contributed by atoms with Crippen LogP contribution in [0.5, 0.6) is 0 Å². The van der Waals surface area contributed by atoms with Crippen molar-refractivity contribution in [1.29, 1.82) is 0 Å². The van der Waals surface area contributed by atoms with Gasteiger partial charge in [0.25, 0.3) is 0 Å². The predicted octanol–water partition coefficient (Wildman–Crippen LogP) is -1.93. The van der Waals surface area contributed by atoms with Crippen LogP contribution < -0.4 is 10.2 Å². The monoisotopic (exact) mass is 212 g/mol. The van der Waals surface area contributed by atoms with Crippen LogP contribution in [0.25, 0.3) is 0 Å². The van der Waals surface area contributed by atoms with Gasteiger partial charge in [0, 0.05) is 26.7 Å². The number of tetrazole rings is 1. The Labute approximate surface area is 85.9 Å². The first-order valence-corrected chi connectivity index (χ1v) is 4.62. The average Bonchev–Trinajstić information content (AvgIpc) is 2.64. The van der Waals surface area contributed by atoms with E-state index in [4.69, 9.17) is 5.11 Å². The molecule has 8 heteroatoms. The zero-order chi connectivity index (χ0) is 10.8. The third-order valence-electron chi connectivity index (χ3n) is 2.38. The second-order valence-corrected chi connectivity index (χ2v) is 3.35. The Balaban J connectivity index is 2.25. The number of nitrogens with one attached hydrogen (secondary N) is 1. The molecular weight excluding hydrogens is 200 g/mol. The molecule has 15 heavy (non-hydrogen) atoms. The number of aliphatic carboxylic acids is 1. The van der Waals surface area contributed by atoms with E-state index in [9.17, 15) is 4.79 Å². The van der Waals surface area contributed by atoms with Gasteiger partial charge in [0.15, 0.2) is 0 Å². The van der Waals surface area contributed by atoms with Gasteiger partial charge in [0.2, 0.25) is 5.95 Å². The van der Waals surface area contributed by atoms with E-state index in [-0.39, 0.29) is 0 Å².